The van der Waals surface area contributed by atoms with E-state index >= 15 is 0 Å². The lowest BCUT2D eigenvalue weighted by atomic mass is 9.87. The molecule has 0 radical (unpaired) electrons. The van der Waals surface area contributed by atoms with Crippen LogP contribution in [0.5, 0.6) is 0 Å². The van der Waals surface area contributed by atoms with Crippen LogP contribution < -0.4 is 5.73 Å². The standard InChI is InChI=1S/C18H30N5O5P/c1-17(2,3)8-12-11(27-29(24,25)28-18(4,5)6)7-13(26-12)23-10-22-14-15(19)20-9-21-16(14)23/h9-13H,7-8H2,1-6H3,(H,24,25)(H2,19,20,21)/t11-,12+,13+/m0/s1. The first-order chi connectivity index (χ1) is 13.2. The van der Waals surface area contributed by atoms with Crippen molar-refractivity contribution in [3.8, 4) is 0 Å². The molecule has 10 nitrogen and oxygen atoms in total. The largest absolute Gasteiger partial charge is 0.473 e. The third kappa shape index (κ3) is 5.52. The molecule has 162 valence electrons. The number of hydrogen-bond acceptors (Lipinski definition) is 8. The molecule has 3 rings (SSSR count). The first-order valence-electron chi connectivity index (χ1n) is 9.54. The van der Waals surface area contributed by atoms with E-state index in [1.165, 1.54) is 6.33 Å². The van der Waals surface area contributed by atoms with Crippen molar-refractivity contribution < 1.29 is 23.2 Å². The molecular formula is C18H30N5O5P. The first-order valence-corrected chi connectivity index (χ1v) is 11.0. The first kappa shape index (κ1) is 22.1. The Hall–Kier alpha value is -1.58. The van der Waals surface area contributed by atoms with Crippen molar-refractivity contribution in [3.05, 3.63) is 12.7 Å². The lowest BCUT2D eigenvalue weighted by Crippen LogP contribution is -2.29. The van der Waals surface area contributed by atoms with Gasteiger partial charge < -0.3 is 15.4 Å². The minimum Gasteiger partial charge on any atom is -0.382 e. The SMILES string of the molecule is CC(C)(C)C[C@H]1O[C@@H](n2cnc3c(N)ncnc32)C[C@@H]1OP(=O)(O)OC(C)(C)C. The van der Waals surface area contributed by atoms with Gasteiger partial charge in [0.2, 0.25) is 0 Å². The Morgan fingerprint density at radius 2 is 1.97 bits per heavy atom. The quantitative estimate of drug-likeness (QED) is 0.688. The minimum absolute atomic E-state index is 0.0743. The minimum atomic E-state index is -4.28. The van der Waals surface area contributed by atoms with Crippen molar-refractivity contribution in [1.29, 1.82) is 0 Å². The fourth-order valence-corrected chi connectivity index (χ4v) is 4.69. The molecule has 0 saturated carbocycles. The highest BCUT2D eigenvalue weighted by atomic mass is 31.2. The number of nitrogens with two attached hydrogens (primary N) is 1. The number of fused-ring (bicyclic) bond motifs is 1. The molecule has 29 heavy (non-hydrogen) atoms. The van der Waals surface area contributed by atoms with E-state index in [1.807, 2.05) is 0 Å². The Balaban J connectivity index is 1.87. The zero-order valence-corrected chi connectivity index (χ0v) is 18.6. The van der Waals surface area contributed by atoms with Gasteiger partial charge in [0.15, 0.2) is 11.5 Å². The normalized spacial score (nSPS) is 25.4. The third-order valence-corrected chi connectivity index (χ3v) is 5.66. The van der Waals surface area contributed by atoms with Crippen molar-refractivity contribution >= 4 is 24.8 Å². The van der Waals surface area contributed by atoms with Crippen molar-refractivity contribution in [2.45, 2.75) is 78.4 Å². The fraction of sp³-hybridized carbons (Fsp3) is 0.722. The molecule has 0 aliphatic carbocycles. The molecular weight excluding hydrogens is 397 g/mol. The molecule has 11 heteroatoms. The van der Waals surface area contributed by atoms with Crippen LogP contribution >= 0.6 is 7.82 Å². The van der Waals surface area contributed by atoms with Gasteiger partial charge in [-0.3, -0.25) is 13.6 Å². The molecule has 4 atom stereocenters. The van der Waals surface area contributed by atoms with Crippen LogP contribution in [-0.4, -0.2) is 42.2 Å². The van der Waals surface area contributed by atoms with Crippen molar-refractivity contribution in [2.75, 3.05) is 5.73 Å². The molecule has 2 aromatic rings. The predicted molar refractivity (Wildman–Crippen MR) is 108 cm³/mol. The van der Waals surface area contributed by atoms with E-state index in [0.29, 0.717) is 24.0 Å². The highest BCUT2D eigenvalue weighted by Gasteiger charge is 2.44. The Kier molecular flexibility index (Phi) is 5.79. The molecule has 1 aliphatic heterocycles. The Morgan fingerprint density at radius 1 is 1.28 bits per heavy atom. The predicted octanol–water partition coefficient (Wildman–Crippen LogP) is 3.43. The third-order valence-electron chi connectivity index (χ3n) is 4.35. The second-order valence-electron chi connectivity index (χ2n) is 9.53. The van der Waals surface area contributed by atoms with Gasteiger partial charge >= 0.3 is 7.82 Å². The topological polar surface area (TPSA) is 135 Å². The maximum absolute atomic E-state index is 12.5. The van der Waals surface area contributed by atoms with E-state index in [4.69, 9.17) is 19.5 Å². The summed E-state index contributed by atoms with van der Waals surface area (Å²) in [5, 5.41) is 0. The van der Waals surface area contributed by atoms with Gasteiger partial charge in [0.1, 0.15) is 18.1 Å². The molecule has 1 saturated heterocycles. The Labute approximate surface area is 170 Å². The number of anilines is 1. The van der Waals surface area contributed by atoms with Crippen LogP contribution in [0.1, 0.15) is 60.6 Å². The van der Waals surface area contributed by atoms with Gasteiger partial charge in [-0.2, -0.15) is 0 Å². The molecule has 2 aromatic heterocycles. The summed E-state index contributed by atoms with van der Waals surface area (Å²) in [6.07, 6.45) is 2.42. The number of phosphoric ester groups is 1. The monoisotopic (exact) mass is 427 g/mol. The zero-order chi connectivity index (χ0) is 21.6. The summed E-state index contributed by atoms with van der Waals surface area (Å²) < 4.78 is 31.3. The molecule has 3 N–H and O–H groups in total. The number of hydrogen-bond donors (Lipinski definition) is 2. The number of nitrogen functional groups attached to an aromatic ring is 1. The van der Waals surface area contributed by atoms with Gasteiger partial charge in [0.25, 0.3) is 0 Å². The summed E-state index contributed by atoms with van der Waals surface area (Å²) in [4.78, 5) is 22.7. The molecule has 0 bridgehead atoms. The van der Waals surface area contributed by atoms with E-state index in [0.717, 1.165) is 0 Å². The number of aromatic nitrogens is 4. The molecule has 0 aromatic carbocycles. The van der Waals surface area contributed by atoms with Gasteiger partial charge in [-0.15, -0.1) is 0 Å². The highest BCUT2D eigenvalue weighted by Crippen LogP contribution is 2.52. The molecule has 0 spiro atoms. The molecule has 1 fully saturated rings. The lowest BCUT2D eigenvalue weighted by Gasteiger charge is -2.29. The van der Waals surface area contributed by atoms with Crippen LogP contribution in [0.15, 0.2) is 12.7 Å². The van der Waals surface area contributed by atoms with Gasteiger partial charge in [-0.05, 0) is 32.6 Å². The maximum atomic E-state index is 12.5. The molecule has 1 aliphatic rings. The van der Waals surface area contributed by atoms with Gasteiger partial charge in [0.05, 0.1) is 24.1 Å². The second kappa shape index (κ2) is 7.59. The van der Waals surface area contributed by atoms with Gasteiger partial charge in [-0.25, -0.2) is 19.5 Å². The van der Waals surface area contributed by atoms with E-state index in [9.17, 15) is 9.46 Å². The van der Waals surface area contributed by atoms with Gasteiger partial charge in [-0.1, -0.05) is 20.8 Å². The van der Waals surface area contributed by atoms with Crippen molar-refractivity contribution in [1.82, 2.24) is 19.5 Å². The Morgan fingerprint density at radius 3 is 2.59 bits per heavy atom. The summed E-state index contributed by atoms with van der Waals surface area (Å²) in [7, 11) is -4.28. The second-order valence-corrected chi connectivity index (χ2v) is 10.9. The lowest BCUT2D eigenvalue weighted by molar-refractivity contribution is -0.0402. The smallest absolute Gasteiger partial charge is 0.382 e. The van der Waals surface area contributed by atoms with Crippen LogP contribution in [0.3, 0.4) is 0 Å². The van der Waals surface area contributed by atoms with E-state index in [-0.39, 0.29) is 11.2 Å². The van der Waals surface area contributed by atoms with Crippen molar-refractivity contribution in [2.24, 2.45) is 5.41 Å². The van der Waals surface area contributed by atoms with E-state index in [1.54, 1.807) is 31.7 Å². The highest BCUT2D eigenvalue weighted by molar-refractivity contribution is 7.47. The molecule has 3 heterocycles. The van der Waals surface area contributed by atoms with Crippen LogP contribution in [0.2, 0.25) is 0 Å². The van der Waals surface area contributed by atoms with Crippen LogP contribution in [0, 0.1) is 5.41 Å². The van der Waals surface area contributed by atoms with Crippen molar-refractivity contribution in [3.63, 3.8) is 0 Å². The number of imidazole rings is 1. The zero-order valence-electron chi connectivity index (χ0n) is 17.7. The maximum Gasteiger partial charge on any atom is 0.473 e. The van der Waals surface area contributed by atoms with Gasteiger partial charge in [0, 0.05) is 6.42 Å². The fourth-order valence-electron chi connectivity index (χ4n) is 3.39. The van der Waals surface area contributed by atoms with Crippen LogP contribution in [0.25, 0.3) is 11.2 Å². The summed E-state index contributed by atoms with van der Waals surface area (Å²) in [5.41, 5.74) is 5.99. The van der Waals surface area contributed by atoms with E-state index in [2.05, 4.69) is 35.7 Å². The Bertz CT molecular complexity index is 919. The average molecular weight is 427 g/mol. The van der Waals surface area contributed by atoms with Crippen LogP contribution in [0.4, 0.5) is 5.82 Å². The molecule has 1 unspecified atom stereocenters. The summed E-state index contributed by atoms with van der Waals surface area (Å²) in [6, 6.07) is 0. The number of rotatable bonds is 5. The summed E-state index contributed by atoms with van der Waals surface area (Å²) in [6.45, 7) is 11.3. The summed E-state index contributed by atoms with van der Waals surface area (Å²) >= 11 is 0. The number of ether oxygens (including phenoxy) is 1. The average Bonchev–Trinajstić information content (AvgIpc) is 3.08. The van der Waals surface area contributed by atoms with Crippen LogP contribution in [-0.2, 0) is 18.3 Å². The van der Waals surface area contributed by atoms with E-state index < -0.39 is 31.9 Å². The molecule has 0 amide bonds. The summed E-state index contributed by atoms with van der Waals surface area (Å²) in [5.74, 6) is 0.282. The number of nitrogens with zero attached hydrogens (tertiary/aromatic N) is 4. The number of phosphoric acid groups is 1.